The van der Waals surface area contributed by atoms with Gasteiger partial charge in [0.25, 0.3) is 0 Å². The maximum Gasteiger partial charge on any atom is 0.339 e. The molecule has 1 aromatic heterocycles. The molecular weight excluding hydrogens is 518 g/mol. The highest BCUT2D eigenvalue weighted by Crippen LogP contribution is 2.68. The van der Waals surface area contributed by atoms with Crippen LogP contribution in [0.2, 0.25) is 0 Å². The van der Waals surface area contributed by atoms with E-state index in [2.05, 4.69) is 4.98 Å². The molecule has 1 spiro atoms. The van der Waals surface area contributed by atoms with Gasteiger partial charge in [-0.15, -0.1) is 0 Å². The third-order valence-corrected chi connectivity index (χ3v) is 9.88. The maximum atomic E-state index is 13.3. The highest BCUT2D eigenvalue weighted by atomic mass is 16.7. The van der Waals surface area contributed by atoms with Crippen LogP contribution >= 0.6 is 0 Å². The molecule has 0 bridgehead atoms. The zero-order chi connectivity index (χ0) is 29.1. The summed E-state index contributed by atoms with van der Waals surface area (Å²) >= 11 is 0. The van der Waals surface area contributed by atoms with Crippen molar-refractivity contribution < 1.29 is 42.9 Å². The molecule has 5 rings (SSSR count). The molecule has 216 valence electrons. The Morgan fingerprint density at radius 2 is 1.73 bits per heavy atom. The molecule has 0 amide bonds. The monoisotopic (exact) mass is 555 g/mol. The van der Waals surface area contributed by atoms with Gasteiger partial charge in [0.05, 0.1) is 12.0 Å². The molecule has 0 radical (unpaired) electrons. The van der Waals surface area contributed by atoms with E-state index in [1.165, 1.54) is 20.0 Å². The van der Waals surface area contributed by atoms with Crippen molar-refractivity contribution in [2.45, 2.75) is 96.9 Å². The number of ether oxygens (including phenoxy) is 5. The third kappa shape index (κ3) is 4.27. The Bertz CT molecular complexity index is 1260. The topological polar surface area (TPSA) is 127 Å². The van der Waals surface area contributed by atoms with Gasteiger partial charge in [-0.1, -0.05) is 25.5 Å². The number of fused-ring (bicyclic) bond motifs is 3. The van der Waals surface area contributed by atoms with Crippen molar-refractivity contribution in [3.05, 3.63) is 41.7 Å². The van der Waals surface area contributed by atoms with Crippen molar-refractivity contribution in [3.8, 4) is 0 Å². The zero-order valence-corrected chi connectivity index (χ0v) is 23.9. The zero-order valence-electron chi connectivity index (χ0n) is 23.9. The number of aromatic nitrogens is 1. The smallest absolute Gasteiger partial charge is 0.339 e. The standard InChI is InChI=1S/C30H37NO9/c1-17-9-10-22(39-26(35)20-8-7-13-31-15-20)23-27(4)11-12-30(14-21(34)16-36-30)40-29(27,6)25(38-19(3)33)24(28(17,23)5)37-18(2)32/h7-9,13,15,22-25H,10-12,14,16H2,1-6H3/t22-,23-,24+,25+,27-,28+,29+,30+/m1/s1. The van der Waals surface area contributed by atoms with E-state index in [4.69, 9.17) is 23.7 Å². The van der Waals surface area contributed by atoms with Gasteiger partial charge in [-0.25, -0.2) is 4.79 Å². The summed E-state index contributed by atoms with van der Waals surface area (Å²) in [4.78, 5) is 54.8. The molecule has 4 aliphatic rings. The van der Waals surface area contributed by atoms with Crippen LogP contribution in [0.15, 0.2) is 36.2 Å². The van der Waals surface area contributed by atoms with Gasteiger partial charge in [0.2, 0.25) is 0 Å². The van der Waals surface area contributed by atoms with Crippen LogP contribution in [-0.2, 0) is 38.1 Å². The molecular formula is C30H37NO9. The van der Waals surface area contributed by atoms with E-state index in [0.717, 1.165) is 5.57 Å². The fraction of sp³-hybridized carbons (Fsp3) is 0.633. The lowest BCUT2D eigenvalue weighted by Gasteiger charge is -2.69. The summed E-state index contributed by atoms with van der Waals surface area (Å²) in [7, 11) is 0. The number of carbonyl (C=O) groups excluding carboxylic acids is 4. The van der Waals surface area contributed by atoms with Crippen molar-refractivity contribution in [2.24, 2.45) is 16.7 Å². The molecule has 3 heterocycles. The number of carbonyl (C=O) groups is 4. The van der Waals surface area contributed by atoms with Gasteiger partial charge in [-0.05, 0) is 32.4 Å². The summed E-state index contributed by atoms with van der Waals surface area (Å²) in [6.07, 6.45) is 3.87. The van der Waals surface area contributed by atoms with Crippen LogP contribution in [0.4, 0.5) is 0 Å². The van der Waals surface area contributed by atoms with Crippen LogP contribution < -0.4 is 0 Å². The molecule has 2 saturated heterocycles. The van der Waals surface area contributed by atoms with Gasteiger partial charge in [-0.3, -0.25) is 19.4 Å². The van der Waals surface area contributed by atoms with Gasteiger partial charge in [0.1, 0.15) is 18.3 Å². The molecule has 1 aromatic rings. The van der Waals surface area contributed by atoms with Crippen LogP contribution in [0.3, 0.4) is 0 Å². The van der Waals surface area contributed by atoms with Crippen molar-refractivity contribution in [2.75, 3.05) is 6.61 Å². The number of rotatable bonds is 4. The molecule has 10 nitrogen and oxygen atoms in total. The molecule has 1 saturated carbocycles. The molecule has 0 unspecified atom stereocenters. The van der Waals surface area contributed by atoms with Gasteiger partial charge in [0.15, 0.2) is 23.8 Å². The van der Waals surface area contributed by atoms with Gasteiger partial charge >= 0.3 is 17.9 Å². The van der Waals surface area contributed by atoms with Crippen LogP contribution in [0.5, 0.6) is 0 Å². The first-order valence-corrected chi connectivity index (χ1v) is 13.7. The Kier molecular flexibility index (Phi) is 6.94. The lowest BCUT2D eigenvalue weighted by Crippen LogP contribution is -2.78. The van der Waals surface area contributed by atoms with Crippen molar-refractivity contribution in [3.63, 3.8) is 0 Å². The fourth-order valence-corrected chi connectivity index (χ4v) is 7.82. The summed E-state index contributed by atoms with van der Waals surface area (Å²) in [6.45, 7) is 10.4. The average Bonchev–Trinajstić information content (AvgIpc) is 3.25. The summed E-state index contributed by atoms with van der Waals surface area (Å²) in [5.74, 6) is -3.29. The summed E-state index contributed by atoms with van der Waals surface area (Å²) in [5.41, 5.74) is -1.68. The van der Waals surface area contributed by atoms with Crippen LogP contribution in [0.1, 0.15) is 77.6 Å². The van der Waals surface area contributed by atoms with E-state index in [9.17, 15) is 19.2 Å². The van der Waals surface area contributed by atoms with Crippen molar-refractivity contribution in [1.82, 2.24) is 4.98 Å². The molecule has 10 heteroatoms. The van der Waals surface area contributed by atoms with E-state index in [0.29, 0.717) is 24.8 Å². The predicted molar refractivity (Wildman–Crippen MR) is 140 cm³/mol. The minimum absolute atomic E-state index is 0.0628. The summed E-state index contributed by atoms with van der Waals surface area (Å²) in [5, 5.41) is 0. The molecule has 2 aliphatic carbocycles. The minimum atomic E-state index is -1.28. The number of esters is 3. The first kappa shape index (κ1) is 28.4. The average molecular weight is 556 g/mol. The Hall–Kier alpha value is -3.11. The molecule has 8 atom stereocenters. The van der Waals surface area contributed by atoms with Crippen molar-refractivity contribution >= 4 is 23.7 Å². The minimum Gasteiger partial charge on any atom is -0.458 e. The molecule has 2 aliphatic heterocycles. The second-order valence-corrected chi connectivity index (χ2v) is 12.2. The lowest BCUT2D eigenvalue weighted by atomic mass is 9.42. The predicted octanol–water partition coefficient (Wildman–Crippen LogP) is 3.72. The number of pyridine rings is 1. The van der Waals surface area contributed by atoms with E-state index >= 15 is 0 Å². The van der Waals surface area contributed by atoms with Gasteiger partial charge in [-0.2, -0.15) is 0 Å². The number of nitrogens with zero attached hydrogens (tertiary/aromatic N) is 1. The number of Topliss-reactive ketones (excluding diaryl/α,β-unsaturated/α-hetero) is 1. The van der Waals surface area contributed by atoms with E-state index in [1.54, 1.807) is 18.3 Å². The van der Waals surface area contributed by atoms with E-state index < -0.39 is 64.4 Å². The highest BCUT2D eigenvalue weighted by Gasteiger charge is 2.76. The second-order valence-electron chi connectivity index (χ2n) is 12.2. The number of hydrogen-bond donors (Lipinski definition) is 0. The Morgan fingerprint density at radius 1 is 1.02 bits per heavy atom. The Balaban J connectivity index is 1.67. The number of ketones is 1. The van der Waals surface area contributed by atoms with Crippen LogP contribution in [0.25, 0.3) is 0 Å². The third-order valence-electron chi connectivity index (χ3n) is 9.88. The summed E-state index contributed by atoms with van der Waals surface area (Å²) in [6, 6.07) is 3.31. The van der Waals surface area contributed by atoms with Crippen molar-refractivity contribution in [1.29, 1.82) is 0 Å². The molecule has 0 N–H and O–H groups in total. The number of hydrogen-bond acceptors (Lipinski definition) is 10. The lowest BCUT2D eigenvalue weighted by molar-refractivity contribution is -0.389. The largest absolute Gasteiger partial charge is 0.458 e. The van der Waals surface area contributed by atoms with Crippen LogP contribution in [0, 0.1) is 16.7 Å². The quantitative estimate of drug-likeness (QED) is 0.308. The SMILES string of the molecule is CC(=O)O[C@H]1[C@H](OC(C)=O)[C@]2(C)O[C@@]3(CC[C@]2(C)[C@H]2[C@H](OC(=O)c4cccnc4)CC=C(C)[C@]12C)CC(=O)CO3. The molecule has 40 heavy (non-hydrogen) atoms. The van der Waals surface area contributed by atoms with Gasteiger partial charge in [0, 0.05) is 55.8 Å². The van der Waals surface area contributed by atoms with Gasteiger partial charge < -0.3 is 23.7 Å². The Labute approximate surface area is 233 Å². The first-order valence-electron chi connectivity index (χ1n) is 13.7. The summed E-state index contributed by atoms with van der Waals surface area (Å²) < 4.78 is 31.0. The normalized spacial score (nSPS) is 40.5. The fourth-order valence-electron chi connectivity index (χ4n) is 7.82. The maximum absolute atomic E-state index is 13.3. The van der Waals surface area contributed by atoms with Crippen LogP contribution in [-0.4, -0.2) is 65.0 Å². The highest BCUT2D eigenvalue weighted by molar-refractivity contribution is 5.89. The first-order chi connectivity index (χ1) is 18.8. The molecule has 3 fully saturated rings. The van der Waals surface area contributed by atoms with E-state index in [-0.39, 0.29) is 18.8 Å². The second kappa shape index (κ2) is 9.76. The van der Waals surface area contributed by atoms with E-state index in [1.807, 2.05) is 33.8 Å². The Morgan fingerprint density at radius 3 is 2.33 bits per heavy atom. The molecule has 0 aromatic carbocycles.